The summed E-state index contributed by atoms with van der Waals surface area (Å²) in [6.45, 7) is 8.95. The summed E-state index contributed by atoms with van der Waals surface area (Å²) < 4.78 is 5.39. The molecular formula is C11H24N2O2. The van der Waals surface area contributed by atoms with E-state index in [-0.39, 0.29) is 0 Å². The van der Waals surface area contributed by atoms with Crippen LogP contribution >= 0.6 is 0 Å². The smallest absolute Gasteiger partial charge is 0.0756 e. The fraction of sp³-hybridized carbons (Fsp3) is 1.00. The van der Waals surface area contributed by atoms with Crippen LogP contribution in [-0.2, 0) is 4.74 Å². The van der Waals surface area contributed by atoms with Crippen LogP contribution in [0, 0.1) is 0 Å². The zero-order valence-electron chi connectivity index (χ0n) is 10.1. The fourth-order valence-electron chi connectivity index (χ4n) is 2.23. The monoisotopic (exact) mass is 216 g/mol. The topological polar surface area (TPSA) is 58.7 Å². The number of nitrogens with zero attached hydrogens (tertiary/aromatic N) is 1. The number of hydrogen-bond donors (Lipinski definition) is 2. The molecule has 3 unspecified atom stereocenters. The van der Waals surface area contributed by atoms with Crippen molar-refractivity contribution >= 4 is 0 Å². The number of rotatable bonds is 4. The van der Waals surface area contributed by atoms with E-state index in [2.05, 4.69) is 18.7 Å². The summed E-state index contributed by atoms with van der Waals surface area (Å²) in [5, 5.41) is 9.93. The van der Waals surface area contributed by atoms with Gasteiger partial charge in [0.2, 0.25) is 0 Å². The maximum Gasteiger partial charge on any atom is 0.0756 e. The summed E-state index contributed by atoms with van der Waals surface area (Å²) in [7, 11) is 0. The molecule has 90 valence electrons. The highest BCUT2D eigenvalue weighted by atomic mass is 16.5. The van der Waals surface area contributed by atoms with Gasteiger partial charge in [-0.3, -0.25) is 4.90 Å². The number of aliphatic hydroxyl groups is 1. The molecule has 1 heterocycles. The van der Waals surface area contributed by atoms with Crippen LogP contribution in [0.4, 0.5) is 0 Å². The highest BCUT2D eigenvalue weighted by molar-refractivity contribution is 4.84. The second-order valence-corrected chi connectivity index (χ2v) is 4.92. The van der Waals surface area contributed by atoms with E-state index in [1.54, 1.807) is 6.92 Å². The predicted molar refractivity (Wildman–Crippen MR) is 60.7 cm³/mol. The molecule has 1 saturated heterocycles. The summed E-state index contributed by atoms with van der Waals surface area (Å²) >= 11 is 0. The minimum absolute atomic E-state index is 0.316. The van der Waals surface area contributed by atoms with Crippen LogP contribution in [0.1, 0.15) is 27.2 Å². The third kappa shape index (κ3) is 3.72. The Bertz CT molecular complexity index is 197. The first kappa shape index (κ1) is 12.9. The van der Waals surface area contributed by atoms with Gasteiger partial charge in [-0.25, -0.2) is 0 Å². The van der Waals surface area contributed by atoms with Gasteiger partial charge >= 0.3 is 0 Å². The van der Waals surface area contributed by atoms with Gasteiger partial charge in [-0.1, -0.05) is 0 Å². The molecule has 1 aliphatic heterocycles. The summed E-state index contributed by atoms with van der Waals surface area (Å²) in [4.78, 5) is 2.38. The van der Waals surface area contributed by atoms with Crippen molar-refractivity contribution in [2.45, 2.75) is 44.9 Å². The maximum atomic E-state index is 9.93. The third-order valence-electron chi connectivity index (χ3n) is 3.16. The predicted octanol–water partition coefficient (Wildman–Crippen LogP) is 0.195. The molecule has 0 amide bonds. The molecule has 3 atom stereocenters. The zero-order valence-corrected chi connectivity index (χ0v) is 10.1. The second kappa shape index (κ2) is 5.25. The molecular weight excluding hydrogens is 192 g/mol. The number of ether oxygens (including phenoxy) is 1. The van der Waals surface area contributed by atoms with Gasteiger partial charge in [0.1, 0.15) is 0 Å². The number of nitrogens with two attached hydrogens (primary N) is 1. The van der Waals surface area contributed by atoms with Gasteiger partial charge in [-0.05, 0) is 27.2 Å². The van der Waals surface area contributed by atoms with E-state index in [1.807, 2.05) is 0 Å². The Labute approximate surface area is 92.4 Å². The molecule has 0 radical (unpaired) electrons. The van der Waals surface area contributed by atoms with E-state index < -0.39 is 5.60 Å². The molecule has 0 aliphatic carbocycles. The number of morpholine rings is 1. The summed E-state index contributed by atoms with van der Waals surface area (Å²) in [5.41, 5.74) is 4.77. The molecule has 0 aromatic rings. The van der Waals surface area contributed by atoms with E-state index in [9.17, 15) is 5.11 Å². The Kier molecular flexibility index (Phi) is 4.52. The molecule has 4 heteroatoms. The Balaban J connectivity index is 2.48. The second-order valence-electron chi connectivity index (χ2n) is 4.92. The van der Waals surface area contributed by atoms with Gasteiger partial charge in [0.25, 0.3) is 0 Å². The largest absolute Gasteiger partial charge is 0.389 e. The zero-order chi connectivity index (χ0) is 11.5. The van der Waals surface area contributed by atoms with Crippen molar-refractivity contribution in [3.05, 3.63) is 0 Å². The quantitative estimate of drug-likeness (QED) is 0.704. The molecule has 0 bridgehead atoms. The van der Waals surface area contributed by atoms with Crippen LogP contribution in [0.25, 0.3) is 0 Å². The van der Waals surface area contributed by atoms with Crippen LogP contribution in [0.5, 0.6) is 0 Å². The third-order valence-corrected chi connectivity index (χ3v) is 3.16. The molecule has 1 fully saturated rings. The molecule has 0 saturated carbocycles. The minimum atomic E-state index is -0.753. The van der Waals surface area contributed by atoms with Crippen molar-refractivity contribution in [2.75, 3.05) is 26.3 Å². The van der Waals surface area contributed by atoms with Crippen LogP contribution in [0.2, 0.25) is 0 Å². The van der Waals surface area contributed by atoms with E-state index in [1.165, 1.54) is 0 Å². The highest BCUT2D eigenvalue weighted by Gasteiger charge is 2.29. The highest BCUT2D eigenvalue weighted by Crippen LogP contribution is 2.18. The maximum absolute atomic E-state index is 9.93. The van der Waals surface area contributed by atoms with Crippen molar-refractivity contribution in [3.63, 3.8) is 0 Å². The molecule has 1 aliphatic rings. The Morgan fingerprint density at radius 2 is 2.33 bits per heavy atom. The van der Waals surface area contributed by atoms with Crippen molar-refractivity contribution in [1.29, 1.82) is 0 Å². The average Bonchev–Trinajstić information content (AvgIpc) is 2.17. The first-order valence-corrected chi connectivity index (χ1v) is 5.72. The minimum Gasteiger partial charge on any atom is -0.389 e. The lowest BCUT2D eigenvalue weighted by molar-refractivity contribution is -0.0408. The van der Waals surface area contributed by atoms with Gasteiger partial charge in [-0.2, -0.15) is 0 Å². The number of hydrogen-bond acceptors (Lipinski definition) is 4. The fourth-order valence-corrected chi connectivity index (χ4v) is 2.23. The van der Waals surface area contributed by atoms with E-state index in [0.29, 0.717) is 25.0 Å². The van der Waals surface area contributed by atoms with Gasteiger partial charge in [0, 0.05) is 25.2 Å². The van der Waals surface area contributed by atoms with E-state index in [4.69, 9.17) is 10.5 Å². The van der Waals surface area contributed by atoms with Crippen LogP contribution in [-0.4, -0.2) is 54.0 Å². The van der Waals surface area contributed by atoms with E-state index >= 15 is 0 Å². The standard InChI is InChI=1S/C11H24N2O2/c1-9(6-11(3,14)8-12)13-4-5-15-7-10(13)2/h9-10,14H,4-8,12H2,1-3H3. The van der Waals surface area contributed by atoms with Gasteiger partial charge in [-0.15, -0.1) is 0 Å². The Morgan fingerprint density at radius 1 is 1.67 bits per heavy atom. The Morgan fingerprint density at radius 3 is 2.87 bits per heavy atom. The summed E-state index contributed by atoms with van der Waals surface area (Å²) in [6, 6.07) is 0.782. The SMILES string of the molecule is CC1COCCN1C(C)CC(C)(O)CN. The molecule has 0 aromatic heterocycles. The summed E-state index contributed by atoms with van der Waals surface area (Å²) in [5.74, 6) is 0. The Hall–Kier alpha value is -0.160. The lowest BCUT2D eigenvalue weighted by Crippen LogP contribution is -2.51. The molecule has 1 rings (SSSR count). The summed E-state index contributed by atoms with van der Waals surface area (Å²) in [6.07, 6.45) is 0.716. The van der Waals surface area contributed by atoms with Crippen LogP contribution < -0.4 is 5.73 Å². The normalized spacial score (nSPS) is 29.8. The van der Waals surface area contributed by atoms with Crippen molar-refractivity contribution in [2.24, 2.45) is 5.73 Å². The first-order valence-electron chi connectivity index (χ1n) is 5.72. The van der Waals surface area contributed by atoms with Crippen molar-refractivity contribution in [3.8, 4) is 0 Å². The first-order chi connectivity index (χ1) is 6.96. The van der Waals surface area contributed by atoms with E-state index in [0.717, 1.165) is 19.8 Å². The molecule has 3 N–H and O–H groups in total. The van der Waals surface area contributed by atoms with Gasteiger partial charge in [0.05, 0.1) is 18.8 Å². The lowest BCUT2D eigenvalue weighted by atomic mass is 9.96. The molecule has 0 spiro atoms. The van der Waals surface area contributed by atoms with Crippen molar-refractivity contribution < 1.29 is 9.84 Å². The molecule has 4 nitrogen and oxygen atoms in total. The van der Waals surface area contributed by atoms with Crippen LogP contribution in [0.3, 0.4) is 0 Å². The molecule has 15 heavy (non-hydrogen) atoms. The van der Waals surface area contributed by atoms with Gasteiger partial charge < -0.3 is 15.6 Å². The van der Waals surface area contributed by atoms with Gasteiger partial charge in [0.15, 0.2) is 0 Å². The molecule has 0 aromatic carbocycles. The van der Waals surface area contributed by atoms with Crippen molar-refractivity contribution in [1.82, 2.24) is 4.90 Å². The average molecular weight is 216 g/mol. The lowest BCUT2D eigenvalue weighted by Gasteiger charge is -2.40. The van der Waals surface area contributed by atoms with Crippen LogP contribution in [0.15, 0.2) is 0 Å².